The molecule has 2 aromatic carbocycles. The Morgan fingerprint density at radius 2 is 1.78 bits per heavy atom. The minimum absolute atomic E-state index is 0.0405. The highest BCUT2D eigenvalue weighted by Gasteiger charge is 2.21. The fourth-order valence-electron chi connectivity index (χ4n) is 2.42. The molecule has 0 unspecified atom stereocenters. The molecule has 0 amide bonds. The molecule has 7 N–H and O–H groups in total. The van der Waals surface area contributed by atoms with Gasteiger partial charge in [0.05, 0.1) is 5.69 Å². The van der Waals surface area contributed by atoms with Crippen LogP contribution in [-0.2, 0) is 16.4 Å². The van der Waals surface area contributed by atoms with Crippen molar-refractivity contribution in [2.75, 3.05) is 25.5 Å². The minimum Gasteiger partial charge on any atom is -0.454 e. The summed E-state index contributed by atoms with van der Waals surface area (Å²) in [7, 11) is -2.45. The van der Waals surface area contributed by atoms with E-state index in [4.69, 9.17) is 15.6 Å². The van der Waals surface area contributed by atoms with Gasteiger partial charge in [-0.25, -0.2) is 13.6 Å². The van der Waals surface area contributed by atoms with Crippen LogP contribution in [-0.4, -0.2) is 28.6 Å². The number of para-hydroxylation sites is 1. The van der Waals surface area contributed by atoms with Crippen molar-refractivity contribution in [1.82, 2.24) is 0 Å². The van der Waals surface area contributed by atoms with E-state index in [1.807, 2.05) is 24.3 Å². The van der Waals surface area contributed by atoms with Gasteiger partial charge < -0.3 is 21.5 Å². The number of nitrogens with two attached hydrogens (primary N) is 3. The van der Waals surface area contributed by atoms with Gasteiger partial charge in [-0.15, -0.1) is 0 Å². The third-order valence-electron chi connectivity index (χ3n) is 3.66. The van der Waals surface area contributed by atoms with E-state index in [-0.39, 0.29) is 10.6 Å². The number of anilines is 1. The molecule has 2 aromatic rings. The van der Waals surface area contributed by atoms with Crippen LogP contribution in [0, 0.1) is 0 Å². The average molecular weight is 395 g/mol. The molecular weight excluding hydrogens is 364 g/mol. The Labute approximate surface area is 161 Å². The smallest absolute Gasteiger partial charge is 0.241 e. The monoisotopic (exact) mass is 394 g/mol. The molecule has 0 atom stereocenters. The molecule has 0 heterocycles. The first-order valence-electron chi connectivity index (χ1n) is 8.90. The molecule has 0 saturated carbocycles. The number of primary sulfonamides is 1. The summed E-state index contributed by atoms with van der Waals surface area (Å²) in [6.45, 7) is 3.21. The third kappa shape index (κ3) is 7.18. The molecule has 0 aliphatic rings. The number of hydrogen-bond acceptors (Lipinski definition) is 6. The van der Waals surface area contributed by atoms with Crippen molar-refractivity contribution >= 4 is 15.7 Å². The lowest BCUT2D eigenvalue weighted by atomic mass is 10.1. The van der Waals surface area contributed by atoms with Gasteiger partial charge in [0.2, 0.25) is 10.0 Å². The number of sulfonamides is 1. The molecule has 0 aliphatic carbocycles. The van der Waals surface area contributed by atoms with Crippen LogP contribution in [0.5, 0.6) is 11.5 Å². The van der Waals surface area contributed by atoms with Gasteiger partial charge in [0.1, 0.15) is 10.6 Å². The van der Waals surface area contributed by atoms with E-state index in [0.717, 1.165) is 18.4 Å². The van der Waals surface area contributed by atoms with Crippen LogP contribution in [0.25, 0.3) is 0 Å². The number of ether oxygens (including phenoxy) is 1. The topological polar surface area (TPSA) is 133 Å². The molecule has 7 nitrogen and oxygen atoms in total. The van der Waals surface area contributed by atoms with Gasteiger partial charge in [-0.3, -0.25) is 0 Å². The van der Waals surface area contributed by atoms with E-state index < -0.39 is 10.0 Å². The minimum atomic E-state index is -3.95. The van der Waals surface area contributed by atoms with Crippen LogP contribution >= 0.6 is 0 Å². The summed E-state index contributed by atoms with van der Waals surface area (Å²) in [6.07, 6.45) is 2.53. The Morgan fingerprint density at radius 3 is 2.33 bits per heavy atom. The summed E-state index contributed by atoms with van der Waals surface area (Å²) >= 11 is 0. The fraction of sp³-hybridized carbons (Fsp3) is 0.368. The van der Waals surface area contributed by atoms with Gasteiger partial charge in [-0.2, -0.15) is 0 Å². The summed E-state index contributed by atoms with van der Waals surface area (Å²) in [5.41, 5.74) is 11.5. The maximum absolute atomic E-state index is 12.1. The van der Waals surface area contributed by atoms with E-state index >= 15 is 0 Å². The largest absolute Gasteiger partial charge is 0.454 e. The van der Waals surface area contributed by atoms with E-state index in [1.165, 1.54) is 13.1 Å². The molecule has 27 heavy (non-hydrogen) atoms. The summed E-state index contributed by atoms with van der Waals surface area (Å²) in [4.78, 5) is -0.0405. The molecule has 0 fully saturated rings. The summed E-state index contributed by atoms with van der Waals surface area (Å²) in [5.74, 6) is 0.753. The van der Waals surface area contributed by atoms with E-state index in [0.29, 0.717) is 30.9 Å². The van der Waals surface area contributed by atoms with E-state index in [1.54, 1.807) is 12.1 Å². The molecule has 2 rings (SSSR count). The van der Waals surface area contributed by atoms with Crippen LogP contribution in [0.2, 0.25) is 0 Å². The van der Waals surface area contributed by atoms with Crippen LogP contribution in [0.4, 0.5) is 5.69 Å². The maximum Gasteiger partial charge on any atom is 0.241 e. The summed E-state index contributed by atoms with van der Waals surface area (Å²) < 4.78 is 30.1. The zero-order valence-corrected chi connectivity index (χ0v) is 16.8. The number of hydrogen-bond donors (Lipinski definition) is 4. The lowest BCUT2D eigenvalue weighted by Crippen LogP contribution is -2.16. The number of nitrogens with one attached hydrogen (secondary N) is 1. The Kier molecular flexibility index (Phi) is 9.81. The van der Waals surface area contributed by atoms with Crippen molar-refractivity contribution < 1.29 is 13.2 Å². The van der Waals surface area contributed by atoms with Gasteiger partial charge in [-0.05, 0) is 56.3 Å². The second-order valence-corrected chi connectivity index (χ2v) is 7.28. The maximum atomic E-state index is 12.1. The Hall–Kier alpha value is -2.13. The molecule has 0 aliphatic heterocycles. The molecule has 8 heteroatoms. The Morgan fingerprint density at radius 1 is 1.11 bits per heavy atom. The van der Waals surface area contributed by atoms with Crippen molar-refractivity contribution in [1.29, 1.82) is 0 Å². The average Bonchev–Trinajstić information content (AvgIpc) is 2.65. The van der Waals surface area contributed by atoms with Crippen LogP contribution in [0.15, 0.2) is 47.4 Å². The predicted octanol–water partition coefficient (Wildman–Crippen LogP) is 2.41. The Bertz CT molecular complexity index is 796. The normalized spacial score (nSPS) is 10.7. The second kappa shape index (κ2) is 11.6. The van der Waals surface area contributed by atoms with Crippen LogP contribution in [0.1, 0.15) is 25.3 Å². The highest BCUT2D eigenvalue weighted by Crippen LogP contribution is 2.37. The van der Waals surface area contributed by atoms with E-state index in [2.05, 4.69) is 18.0 Å². The van der Waals surface area contributed by atoms with Crippen molar-refractivity contribution in [3.05, 3.63) is 48.0 Å². The molecule has 0 aromatic heterocycles. The first kappa shape index (κ1) is 22.9. The zero-order valence-electron chi connectivity index (χ0n) is 15.9. The van der Waals surface area contributed by atoms with Crippen molar-refractivity contribution in [3.63, 3.8) is 0 Å². The highest BCUT2D eigenvalue weighted by molar-refractivity contribution is 7.89. The van der Waals surface area contributed by atoms with Gasteiger partial charge in [0.15, 0.2) is 5.75 Å². The first-order chi connectivity index (χ1) is 13.0. The van der Waals surface area contributed by atoms with Gasteiger partial charge in [0.25, 0.3) is 0 Å². The Balaban J connectivity index is 0.00000176. The lowest BCUT2D eigenvalue weighted by Gasteiger charge is -2.18. The quantitative estimate of drug-likeness (QED) is 0.483. The van der Waals surface area contributed by atoms with Gasteiger partial charge >= 0.3 is 0 Å². The molecule has 150 valence electrons. The molecule has 0 bridgehead atoms. The summed E-state index contributed by atoms with van der Waals surface area (Å²) in [5, 5.41) is 8.69. The predicted molar refractivity (Wildman–Crippen MR) is 111 cm³/mol. The summed E-state index contributed by atoms with van der Waals surface area (Å²) in [6, 6.07) is 12.4. The van der Waals surface area contributed by atoms with Crippen LogP contribution < -0.4 is 26.7 Å². The van der Waals surface area contributed by atoms with Gasteiger partial charge in [-0.1, -0.05) is 31.5 Å². The fourth-order valence-corrected chi connectivity index (χ4v) is 3.15. The van der Waals surface area contributed by atoms with E-state index in [9.17, 15) is 8.42 Å². The third-order valence-corrected chi connectivity index (χ3v) is 4.58. The molecular formula is C19H30N4O3S. The van der Waals surface area contributed by atoms with Crippen LogP contribution in [0.3, 0.4) is 0 Å². The molecule has 0 radical (unpaired) electrons. The number of unbranched alkanes of at least 4 members (excludes halogenated alkanes) is 1. The highest BCUT2D eigenvalue weighted by atomic mass is 32.2. The van der Waals surface area contributed by atoms with Crippen molar-refractivity contribution in [2.24, 2.45) is 16.6 Å². The van der Waals surface area contributed by atoms with Crippen molar-refractivity contribution in [3.8, 4) is 11.5 Å². The second-order valence-electron chi connectivity index (χ2n) is 5.75. The number of benzene rings is 2. The molecule has 0 saturated heterocycles. The first-order valence-corrected chi connectivity index (χ1v) is 10.4. The van der Waals surface area contributed by atoms with Gasteiger partial charge in [0, 0.05) is 6.54 Å². The lowest BCUT2D eigenvalue weighted by molar-refractivity contribution is 0.469. The molecule has 0 spiro atoms. The van der Waals surface area contributed by atoms with Crippen molar-refractivity contribution in [2.45, 2.75) is 31.1 Å². The SMILES string of the molecule is CCCCNc1cc(CCN)cc(S(N)(=O)=O)c1Oc1ccccc1.CN. The number of rotatable bonds is 9. The standard InChI is InChI=1S/C18H25N3O3S.CH5N/c1-2-3-11-21-16-12-14(9-10-19)13-17(25(20,22)23)18(16)24-15-7-5-4-6-8-15;1-2/h4-8,12-13,21H,2-3,9-11,19H2,1H3,(H2,20,22,23);2H2,1H3. The zero-order chi connectivity index (χ0) is 20.3.